The van der Waals surface area contributed by atoms with Crippen LogP contribution in [0.2, 0.25) is 0 Å². The van der Waals surface area contributed by atoms with Crippen molar-refractivity contribution < 1.29 is 9.53 Å². The molecule has 6 nitrogen and oxygen atoms in total. The number of benzene rings is 1. The number of imidazole rings is 1. The molecule has 4 rings (SSSR count). The lowest BCUT2D eigenvalue weighted by molar-refractivity contribution is -0.135. The van der Waals surface area contributed by atoms with Crippen LogP contribution in [0.3, 0.4) is 0 Å². The first-order chi connectivity index (χ1) is 14.1. The summed E-state index contributed by atoms with van der Waals surface area (Å²) in [5.41, 5.74) is 3.30. The minimum atomic E-state index is 0.0466. The number of piperazine rings is 1. The van der Waals surface area contributed by atoms with Gasteiger partial charge < -0.3 is 14.0 Å². The van der Waals surface area contributed by atoms with Gasteiger partial charge in [-0.3, -0.25) is 9.69 Å². The first-order valence-corrected chi connectivity index (χ1v) is 10.2. The van der Waals surface area contributed by atoms with Crippen LogP contribution >= 0.6 is 0 Å². The quantitative estimate of drug-likeness (QED) is 0.647. The predicted octanol–water partition coefficient (Wildman–Crippen LogP) is 3.18. The van der Waals surface area contributed by atoms with E-state index in [9.17, 15) is 4.79 Å². The van der Waals surface area contributed by atoms with Crippen molar-refractivity contribution >= 4 is 11.6 Å². The number of carbonyl (C=O) groups is 1. The summed E-state index contributed by atoms with van der Waals surface area (Å²) in [6, 6.07) is 14.0. The van der Waals surface area contributed by atoms with Crippen LogP contribution in [0.25, 0.3) is 5.65 Å². The van der Waals surface area contributed by atoms with Crippen LogP contribution in [0.15, 0.2) is 54.9 Å². The van der Waals surface area contributed by atoms with E-state index < -0.39 is 0 Å². The van der Waals surface area contributed by atoms with Crippen molar-refractivity contribution in [3.05, 3.63) is 66.1 Å². The maximum absolute atomic E-state index is 12.5. The molecule has 152 valence electrons. The molecule has 1 saturated heterocycles. The molecule has 0 atom stereocenters. The Bertz CT molecular complexity index is 923. The van der Waals surface area contributed by atoms with Gasteiger partial charge in [0.1, 0.15) is 11.4 Å². The van der Waals surface area contributed by atoms with E-state index in [-0.39, 0.29) is 12.5 Å². The fourth-order valence-corrected chi connectivity index (χ4v) is 3.63. The molecule has 1 fully saturated rings. The molecule has 1 aliphatic heterocycles. The van der Waals surface area contributed by atoms with Crippen molar-refractivity contribution in [1.82, 2.24) is 19.2 Å². The molecule has 0 bridgehead atoms. The number of aromatic nitrogens is 2. The van der Waals surface area contributed by atoms with Crippen LogP contribution < -0.4 is 4.74 Å². The van der Waals surface area contributed by atoms with Gasteiger partial charge in [-0.25, -0.2) is 4.98 Å². The Labute approximate surface area is 171 Å². The molecule has 3 heterocycles. The first-order valence-electron chi connectivity index (χ1n) is 10.2. The smallest absolute Gasteiger partial charge is 0.260 e. The minimum absolute atomic E-state index is 0.0466. The fourth-order valence-electron chi connectivity index (χ4n) is 3.63. The third kappa shape index (κ3) is 4.77. The van der Waals surface area contributed by atoms with E-state index in [1.807, 2.05) is 45.8 Å². The van der Waals surface area contributed by atoms with Crippen LogP contribution in [-0.2, 0) is 11.3 Å². The molecule has 2 aromatic heterocycles. The van der Waals surface area contributed by atoms with Crippen LogP contribution in [0, 0.1) is 0 Å². The number of nitrogens with zero attached hydrogens (tertiary/aromatic N) is 4. The molecule has 0 radical (unpaired) electrons. The second kappa shape index (κ2) is 8.66. The summed E-state index contributed by atoms with van der Waals surface area (Å²) in [4.78, 5) is 21.4. The molecule has 0 spiro atoms. The van der Waals surface area contributed by atoms with Gasteiger partial charge in [0.25, 0.3) is 5.91 Å². The van der Waals surface area contributed by atoms with Crippen molar-refractivity contribution in [3.8, 4) is 5.75 Å². The highest BCUT2D eigenvalue weighted by Crippen LogP contribution is 2.18. The number of rotatable bonds is 6. The largest absolute Gasteiger partial charge is 0.484 e. The standard InChI is InChI=1S/C23H28N4O2/c1-18(2)19-6-8-21(9-7-19)29-17-23(28)26-13-11-25(12-14-26)15-20-16-27-10-4-3-5-22(27)24-20/h3-10,16,18H,11-15,17H2,1-2H3. The summed E-state index contributed by atoms with van der Waals surface area (Å²) in [5.74, 6) is 1.28. The number of pyridine rings is 1. The molecule has 29 heavy (non-hydrogen) atoms. The average molecular weight is 393 g/mol. The average Bonchev–Trinajstić information content (AvgIpc) is 3.15. The Morgan fingerprint density at radius 3 is 2.52 bits per heavy atom. The molecular weight excluding hydrogens is 364 g/mol. The van der Waals surface area contributed by atoms with E-state index in [2.05, 4.69) is 42.1 Å². The minimum Gasteiger partial charge on any atom is -0.484 e. The van der Waals surface area contributed by atoms with Gasteiger partial charge in [-0.15, -0.1) is 0 Å². The molecule has 1 amide bonds. The van der Waals surface area contributed by atoms with E-state index in [0.29, 0.717) is 5.92 Å². The number of ether oxygens (including phenoxy) is 1. The van der Waals surface area contributed by atoms with E-state index >= 15 is 0 Å². The Balaban J connectivity index is 1.24. The Morgan fingerprint density at radius 2 is 1.83 bits per heavy atom. The Morgan fingerprint density at radius 1 is 1.07 bits per heavy atom. The lowest BCUT2D eigenvalue weighted by Crippen LogP contribution is -2.49. The molecule has 6 heteroatoms. The second-order valence-corrected chi connectivity index (χ2v) is 7.87. The molecule has 0 unspecified atom stereocenters. The van der Waals surface area contributed by atoms with Gasteiger partial charge in [0.2, 0.25) is 0 Å². The van der Waals surface area contributed by atoms with Crippen molar-refractivity contribution in [2.75, 3.05) is 32.8 Å². The summed E-state index contributed by atoms with van der Waals surface area (Å²) in [5, 5.41) is 0. The normalized spacial score (nSPS) is 15.2. The Hall–Kier alpha value is -2.86. The van der Waals surface area contributed by atoms with Crippen molar-refractivity contribution in [3.63, 3.8) is 0 Å². The van der Waals surface area contributed by atoms with Crippen molar-refractivity contribution in [2.45, 2.75) is 26.3 Å². The molecule has 0 saturated carbocycles. The SMILES string of the molecule is CC(C)c1ccc(OCC(=O)N2CCN(Cc3cn4ccccc4n3)CC2)cc1. The number of carbonyl (C=O) groups excluding carboxylic acids is 1. The molecule has 1 aliphatic rings. The van der Waals surface area contributed by atoms with Gasteiger partial charge in [0.05, 0.1) is 5.69 Å². The molecule has 1 aromatic carbocycles. The van der Waals surface area contributed by atoms with E-state index in [1.54, 1.807) is 0 Å². The van der Waals surface area contributed by atoms with E-state index in [1.165, 1.54) is 5.56 Å². The second-order valence-electron chi connectivity index (χ2n) is 7.87. The van der Waals surface area contributed by atoms with Crippen LogP contribution in [0.5, 0.6) is 5.75 Å². The third-order valence-corrected chi connectivity index (χ3v) is 5.43. The highest BCUT2D eigenvalue weighted by Gasteiger charge is 2.22. The maximum atomic E-state index is 12.5. The zero-order valence-electron chi connectivity index (χ0n) is 17.1. The van der Waals surface area contributed by atoms with E-state index in [4.69, 9.17) is 4.74 Å². The lowest BCUT2D eigenvalue weighted by Gasteiger charge is -2.34. The molecule has 3 aromatic rings. The van der Waals surface area contributed by atoms with Gasteiger partial charge in [0, 0.05) is 45.1 Å². The fraction of sp³-hybridized carbons (Fsp3) is 0.391. The topological polar surface area (TPSA) is 50.1 Å². The van der Waals surface area contributed by atoms with E-state index in [0.717, 1.165) is 49.8 Å². The Kier molecular flexibility index (Phi) is 5.81. The number of hydrogen-bond donors (Lipinski definition) is 0. The number of amides is 1. The highest BCUT2D eigenvalue weighted by molar-refractivity contribution is 5.77. The van der Waals surface area contributed by atoms with Gasteiger partial charge in [-0.2, -0.15) is 0 Å². The summed E-state index contributed by atoms with van der Waals surface area (Å²) in [7, 11) is 0. The number of fused-ring (bicyclic) bond motifs is 1. The summed E-state index contributed by atoms with van der Waals surface area (Å²) < 4.78 is 7.74. The molecular formula is C23H28N4O2. The first kappa shape index (κ1) is 19.5. The zero-order chi connectivity index (χ0) is 20.2. The summed E-state index contributed by atoms with van der Waals surface area (Å²) in [6.07, 6.45) is 4.09. The van der Waals surface area contributed by atoms with Crippen LogP contribution in [-0.4, -0.2) is 57.9 Å². The monoisotopic (exact) mass is 392 g/mol. The zero-order valence-corrected chi connectivity index (χ0v) is 17.1. The summed E-state index contributed by atoms with van der Waals surface area (Å²) in [6.45, 7) is 8.37. The predicted molar refractivity (Wildman–Crippen MR) is 113 cm³/mol. The van der Waals surface area contributed by atoms with Crippen molar-refractivity contribution in [1.29, 1.82) is 0 Å². The molecule has 0 N–H and O–H groups in total. The lowest BCUT2D eigenvalue weighted by atomic mass is 10.0. The van der Waals surface area contributed by atoms with Gasteiger partial charge >= 0.3 is 0 Å². The highest BCUT2D eigenvalue weighted by atomic mass is 16.5. The van der Waals surface area contributed by atoms with Crippen LogP contribution in [0.4, 0.5) is 0 Å². The molecule has 0 aliphatic carbocycles. The third-order valence-electron chi connectivity index (χ3n) is 5.43. The summed E-state index contributed by atoms with van der Waals surface area (Å²) >= 11 is 0. The van der Waals surface area contributed by atoms with Crippen molar-refractivity contribution in [2.24, 2.45) is 0 Å². The van der Waals surface area contributed by atoms with Crippen LogP contribution in [0.1, 0.15) is 31.0 Å². The van der Waals surface area contributed by atoms with Gasteiger partial charge in [-0.05, 0) is 35.7 Å². The van der Waals surface area contributed by atoms with Gasteiger partial charge in [-0.1, -0.05) is 32.0 Å². The number of hydrogen-bond acceptors (Lipinski definition) is 4. The maximum Gasteiger partial charge on any atom is 0.260 e. The van der Waals surface area contributed by atoms with Gasteiger partial charge in [0.15, 0.2) is 6.61 Å².